The SMILES string of the molecule is COC(=O)c1cccc(-c2ccsc2C(C)=O)c1. The van der Waals surface area contributed by atoms with Crippen molar-refractivity contribution >= 4 is 23.1 Å². The van der Waals surface area contributed by atoms with E-state index in [1.54, 1.807) is 25.1 Å². The van der Waals surface area contributed by atoms with Crippen molar-refractivity contribution in [1.29, 1.82) is 0 Å². The van der Waals surface area contributed by atoms with Crippen molar-refractivity contribution < 1.29 is 14.3 Å². The Hall–Kier alpha value is -1.94. The monoisotopic (exact) mass is 260 g/mol. The van der Waals surface area contributed by atoms with Crippen molar-refractivity contribution in [3.63, 3.8) is 0 Å². The van der Waals surface area contributed by atoms with Crippen molar-refractivity contribution in [3.8, 4) is 11.1 Å². The zero-order chi connectivity index (χ0) is 13.1. The molecule has 18 heavy (non-hydrogen) atoms. The summed E-state index contributed by atoms with van der Waals surface area (Å²) in [7, 11) is 1.35. The number of ketones is 1. The minimum absolute atomic E-state index is 0.0310. The molecule has 0 bridgehead atoms. The summed E-state index contributed by atoms with van der Waals surface area (Å²) in [4.78, 5) is 23.7. The molecule has 0 saturated carbocycles. The third-order valence-corrected chi connectivity index (χ3v) is 3.59. The van der Waals surface area contributed by atoms with Crippen LogP contribution in [0, 0.1) is 0 Å². The number of ether oxygens (including phenoxy) is 1. The van der Waals surface area contributed by atoms with Crippen molar-refractivity contribution in [3.05, 3.63) is 46.2 Å². The average Bonchev–Trinajstić information content (AvgIpc) is 2.87. The first-order valence-corrected chi connectivity index (χ1v) is 6.28. The van der Waals surface area contributed by atoms with Gasteiger partial charge in [-0.1, -0.05) is 12.1 Å². The smallest absolute Gasteiger partial charge is 0.337 e. The Balaban J connectivity index is 2.48. The number of hydrogen-bond donors (Lipinski definition) is 0. The van der Waals surface area contributed by atoms with Crippen LogP contribution in [0.1, 0.15) is 27.0 Å². The molecule has 0 fully saturated rings. The molecule has 0 amide bonds. The summed E-state index contributed by atoms with van der Waals surface area (Å²) in [5, 5.41) is 1.87. The summed E-state index contributed by atoms with van der Waals surface area (Å²) in [6.45, 7) is 1.54. The first-order valence-electron chi connectivity index (χ1n) is 5.40. The lowest BCUT2D eigenvalue weighted by atomic mass is 10.0. The molecule has 0 saturated heterocycles. The van der Waals surface area contributed by atoms with Crippen molar-refractivity contribution in [2.24, 2.45) is 0 Å². The van der Waals surface area contributed by atoms with E-state index >= 15 is 0 Å². The van der Waals surface area contributed by atoms with Crippen molar-refractivity contribution in [2.45, 2.75) is 6.92 Å². The zero-order valence-electron chi connectivity index (χ0n) is 10.1. The number of thiophene rings is 1. The molecule has 2 rings (SSSR count). The van der Waals surface area contributed by atoms with Gasteiger partial charge >= 0.3 is 5.97 Å². The molecule has 0 spiro atoms. The van der Waals surface area contributed by atoms with Crippen molar-refractivity contribution in [2.75, 3.05) is 7.11 Å². The molecule has 1 aromatic heterocycles. The van der Waals surface area contributed by atoms with Crippen LogP contribution in [0.3, 0.4) is 0 Å². The second-order valence-electron chi connectivity index (χ2n) is 3.79. The molecule has 0 aliphatic rings. The standard InChI is InChI=1S/C14H12O3S/c1-9(15)13-12(6-7-18-13)10-4-3-5-11(8-10)14(16)17-2/h3-8H,1-2H3. The first kappa shape index (κ1) is 12.5. The van der Waals surface area contributed by atoms with Gasteiger partial charge in [-0.05, 0) is 36.1 Å². The molecular weight excluding hydrogens is 248 g/mol. The van der Waals surface area contributed by atoms with Crippen LogP contribution in [0.5, 0.6) is 0 Å². The predicted octanol–water partition coefficient (Wildman–Crippen LogP) is 3.40. The molecule has 0 atom stereocenters. The number of carbonyl (C=O) groups is 2. The summed E-state index contributed by atoms with van der Waals surface area (Å²) >= 11 is 1.41. The predicted molar refractivity (Wildman–Crippen MR) is 71.1 cm³/mol. The largest absolute Gasteiger partial charge is 0.465 e. The number of hydrogen-bond acceptors (Lipinski definition) is 4. The van der Waals surface area contributed by atoms with Gasteiger partial charge in [-0.15, -0.1) is 11.3 Å². The maximum atomic E-state index is 11.5. The molecule has 1 heterocycles. The lowest BCUT2D eigenvalue weighted by Gasteiger charge is -2.04. The van der Waals surface area contributed by atoms with E-state index in [9.17, 15) is 9.59 Å². The fourth-order valence-electron chi connectivity index (χ4n) is 1.74. The zero-order valence-corrected chi connectivity index (χ0v) is 10.9. The second kappa shape index (κ2) is 5.14. The lowest BCUT2D eigenvalue weighted by Crippen LogP contribution is -2.01. The number of methoxy groups -OCH3 is 1. The highest BCUT2D eigenvalue weighted by Crippen LogP contribution is 2.29. The van der Waals surface area contributed by atoms with E-state index in [1.807, 2.05) is 17.5 Å². The van der Waals surface area contributed by atoms with Gasteiger partial charge < -0.3 is 4.74 Å². The molecule has 0 aliphatic carbocycles. The Labute approximate surface area is 109 Å². The minimum Gasteiger partial charge on any atom is -0.465 e. The van der Waals surface area contributed by atoms with E-state index in [0.717, 1.165) is 11.1 Å². The van der Waals surface area contributed by atoms with E-state index in [4.69, 9.17) is 0 Å². The summed E-state index contributed by atoms with van der Waals surface area (Å²) in [5.41, 5.74) is 2.19. The van der Waals surface area contributed by atoms with Crippen LogP contribution in [0.25, 0.3) is 11.1 Å². The quantitative estimate of drug-likeness (QED) is 0.627. The summed E-state index contributed by atoms with van der Waals surface area (Å²) in [6.07, 6.45) is 0. The fourth-order valence-corrected chi connectivity index (χ4v) is 2.56. The van der Waals surface area contributed by atoms with Crippen LogP contribution in [-0.4, -0.2) is 18.9 Å². The molecule has 3 nitrogen and oxygen atoms in total. The number of esters is 1. The molecule has 4 heteroatoms. The van der Waals surface area contributed by atoms with Gasteiger partial charge in [0.2, 0.25) is 0 Å². The third kappa shape index (κ3) is 2.33. The first-order chi connectivity index (χ1) is 8.63. The molecule has 92 valence electrons. The molecule has 0 radical (unpaired) electrons. The number of Topliss-reactive ketones (excluding diaryl/α,β-unsaturated/α-hetero) is 1. The Kier molecular flexibility index (Phi) is 3.58. The Morgan fingerprint density at radius 2 is 2.00 bits per heavy atom. The highest BCUT2D eigenvalue weighted by molar-refractivity contribution is 7.12. The fraction of sp³-hybridized carbons (Fsp3) is 0.143. The Bertz CT molecular complexity index is 599. The minimum atomic E-state index is -0.378. The molecular formula is C14H12O3S. The lowest BCUT2D eigenvalue weighted by molar-refractivity contribution is 0.0600. The van der Waals surface area contributed by atoms with Gasteiger partial charge in [-0.2, -0.15) is 0 Å². The van der Waals surface area contributed by atoms with Crippen LogP contribution >= 0.6 is 11.3 Å². The molecule has 0 aliphatic heterocycles. The van der Waals surface area contributed by atoms with E-state index in [2.05, 4.69) is 4.74 Å². The maximum Gasteiger partial charge on any atom is 0.337 e. The number of benzene rings is 1. The third-order valence-electron chi connectivity index (χ3n) is 2.58. The summed E-state index contributed by atoms with van der Waals surface area (Å²) in [5.74, 6) is -0.347. The van der Waals surface area contributed by atoms with E-state index < -0.39 is 0 Å². The Morgan fingerprint density at radius 1 is 1.22 bits per heavy atom. The van der Waals surface area contributed by atoms with Crippen LogP contribution in [0.4, 0.5) is 0 Å². The van der Waals surface area contributed by atoms with Gasteiger partial charge in [0, 0.05) is 5.56 Å². The molecule has 0 N–H and O–H groups in total. The van der Waals surface area contributed by atoms with Crippen molar-refractivity contribution in [1.82, 2.24) is 0 Å². The van der Waals surface area contributed by atoms with Gasteiger partial charge in [0.15, 0.2) is 5.78 Å². The molecule has 1 aromatic carbocycles. The van der Waals surface area contributed by atoms with Gasteiger partial charge in [-0.25, -0.2) is 4.79 Å². The van der Waals surface area contributed by atoms with E-state index in [0.29, 0.717) is 10.4 Å². The average molecular weight is 260 g/mol. The summed E-state index contributed by atoms with van der Waals surface area (Å²) < 4.78 is 4.68. The normalized spacial score (nSPS) is 10.1. The van der Waals surface area contributed by atoms with E-state index in [-0.39, 0.29) is 11.8 Å². The van der Waals surface area contributed by atoms with Gasteiger partial charge in [0.25, 0.3) is 0 Å². The summed E-state index contributed by atoms with van der Waals surface area (Å²) in [6, 6.07) is 8.97. The van der Waals surface area contributed by atoms with Gasteiger partial charge in [0.1, 0.15) is 0 Å². The molecule has 0 unspecified atom stereocenters. The van der Waals surface area contributed by atoms with Gasteiger partial charge in [-0.3, -0.25) is 4.79 Å². The van der Waals surface area contributed by atoms with E-state index in [1.165, 1.54) is 18.4 Å². The maximum absolute atomic E-state index is 11.5. The van der Waals surface area contributed by atoms with Crippen LogP contribution in [0.2, 0.25) is 0 Å². The topological polar surface area (TPSA) is 43.4 Å². The van der Waals surface area contributed by atoms with Crippen LogP contribution in [-0.2, 0) is 4.74 Å². The number of carbonyl (C=O) groups excluding carboxylic acids is 2. The van der Waals surface area contributed by atoms with Crippen LogP contribution in [0.15, 0.2) is 35.7 Å². The second-order valence-corrected chi connectivity index (χ2v) is 4.71. The van der Waals surface area contributed by atoms with Gasteiger partial charge in [0.05, 0.1) is 17.6 Å². The number of rotatable bonds is 3. The highest BCUT2D eigenvalue weighted by atomic mass is 32.1. The highest BCUT2D eigenvalue weighted by Gasteiger charge is 2.12. The van der Waals surface area contributed by atoms with Crippen LogP contribution < -0.4 is 0 Å². The molecule has 2 aromatic rings. The Morgan fingerprint density at radius 3 is 2.67 bits per heavy atom.